The minimum atomic E-state index is 0.415. The summed E-state index contributed by atoms with van der Waals surface area (Å²) in [7, 11) is 0. The molecule has 8 heteroatoms. The Hall–Kier alpha value is -1.64. The Labute approximate surface area is 163 Å². The van der Waals surface area contributed by atoms with Gasteiger partial charge in [-0.05, 0) is 30.4 Å². The van der Waals surface area contributed by atoms with E-state index in [2.05, 4.69) is 38.1 Å². The summed E-state index contributed by atoms with van der Waals surface area (Å²) < 4.78 is 0. The van der Waals surface area contributed by atoms with Crippen LogP contribution in [0.2, 0.25) is 0 Å². The lowest BCUT2D eigenvalue weighted by Gasteiger charge is -2.35. The van der Waals surface area contributed by atoms with Gasteiger partial charge in [-0.3, -0.25) is 9.89 Å². The molecular weight excluding hydrogens is 364 g/mol. The number of hydrogen-bond donors (Lipinski definition) is 1. The number of hydrogen-bond acceptors (Lipinski definition) is 6. The number of aliphatic imine (C=N–C) groups is 1. The summed E-state index contributed by atoms with van der Waals surface area (Å²) in [4.78, 5) is 17.7. The SMILES string of the molecule is CC(CN=C(N)N1CCN(c2nccs2)CC1)N1CCc2sccc2C1. The Morgan fingerprint density at radius 3 is 2.85 bits per heavy atom. The number of anilines is 1. The van der Waals surface area contributed by atoms with E-state index in [0.29, 0.717) is 12.0 Å². The second-order valence-electron chi connectivity index (χ2n) is 6.93. The average molecular weight is 391 g/mol. The smallest absolute Gasteiger partial charge is 0.191 e. The fourth-order valence-electron chi connectivity index (χ4n) is 3.59. The highest BCUT2D eigenvalue weighted by atomic mass is 32.1. The molecule has 1 saturated heterocycles. The standard InChI is InChI=1S/C18H26N6S2/c1-14(24-5-2-16-15(13-24)3-10-25-16)12-21-17(19)22-6-8-23(9-7-22)18-20-4-11-26-18/h3-4,10-11,14H,2,5-9,12-13H2,1H3,(H2,19,21). The van der Waals surface area contributed by atoms with Gasteiger partial charge in [-0.2, -0.15) is 0 Å². The van der Waals surface area contributed by atoms with Crippen molar-refractivity contribution in [2.24, 2.45) is 10.7 Å². The second-order valence-corrected chi connectivity index (χ2v) is 8.80. The van der Waals surface area contributed by atoms with Crippen molar-refractivity contribution >= 4 is 33.8 Å². The van der Waals surface area contributed by atoms with E-state index >= 15 is 0 Å². The summed E-state index contributed by atoms with van der Waals surface area (Å²) in [6, 6.07) is 2.68. The number of nitrogens with zero attached hydrogens (tertiary/aromatic N) is 5. The van der Waals surface area contributed by atoms with Gasteiger partial charge in [0, 0.05) is 61.8 Å². The van der Waals surface area contributed by atoms with Crippen molar-refractivity contribution in [1.82, 2.24) is 14.8 Å². The maximum Gasteiger partial charge on any atom is 0.191 e. The number of aromatic nitrogens is 1. The van der Waals surface area contributed by atoms with Crippen molar-refractivity contribution in [2.45, 2.75) is 25.9 Å². The Morgan fingerprint density at radius 2 is 2.08 bits per heavy atom. The first-order valence-corrected chi connectivity index (χ1v) is 11.0. The van der Waals surface area contributed by atoms with Crippen molar-refractivity contribution in [1.29, 1.82) is 0 Å². The molecule has 0 aliphatic carbocycles. The van der Waals surface area contributed by atoms with Gasteiger partial charge in [-0.15, -0.1) is 22.7 Å². The van der Waals surface area contributed by atoms with Crippen LogP contribution in [0.3, 0.4) is 0 Å². The molecule has 2 aliphatic rings. The van der Waals surface area contributed by atoms with E-state index in [1.165, 1.54) is 5.56 Å². The molecule has 1 unspecified atom stereocenters. The molecule has 140 valence electrons. The van der Waals surface area contributed by atoms with Crippen LogP contribution in [0.15, 0.2) is 28.0 Å². The van der Waals surface area contributed by atoms with Gasteiger partial charge in [0.2, 0.25) is 0 Å². The highest BCUT2D eigenvalue weighted by molar-refractivity contribution is 7.13. The summed E-state index contributed by atoms with van der Waals surface area (Å²) in [6.07, 6.45) is 3.03. The topological polar surface area (TPSA) is 61.0 Å². The average Bonchev–Trinajstić information content (AvgIpc) is 3.37. The van der Waals surface area contributed by atoms with Crippen molar-refractivity contribution in [3.63, 3.8) is 0 Å². The Bertz CT molecular complexity index is 733. The predicted octanol–water partition coefficient (Wildman–Crippen LogP) is 2.09. The van der Waals surface area contributed by atoms with Crippen LogP contribution in [-0.2, 0) is 13.0 Å². The number of thiazole rings is 1. The molecule has 26 heavy (non-hydrogen) atoms. The first kappa shape index (κ1) is 17.8. The zero-order valence-corrected chi connectivity index (χ0v) is 16.8. The molecule has 2 aliphatic heterocycles. The van der Waals surface area contributed by atoms with E-state index in [9.17, 15) is 0 Å². The van der Waals surface area contributed by atoms with E-state index in [-0.39, 0.29) is 0 Å². The van der Waals surface area contributed by atoms with Crippen LogP contribution >= 0.6 is 22.7 Å². The number of nitrogens with two attached hydrogens (primary N) is 1. The van der Waals surface area contributed by atoms with Crippen LogP contribution < -0.4 is 10.6 Å². The Kier molecular flexibility index (Phi) is 5.42. The molecule has 2 N–H and O–H groups in total. The predicted molar refractivity (Wildman–Crippen MR) is 110 cm³/mol. The Morgan fingerprint density at radius 1 is 1.23 bits per heavy atom. The first-order valence-electron chi connectivity index (χ1n) is 9.19. The van der Waals surface area contributed by atoms with Gasteiger partial charge in [0.15, 0.2) is 11.1 Å². The van der Waals surface area contributed by atoms with Gasteiger partial charge in [-0.25, -0.2) is 4.98 Å². The molecule has 2 aromatic heterocycles. The summed E-state index contributed by atoms with van der Waals surface area (Å²) in [6.45, 7) is 8.90. The van der Waals surface area contributed by atoms with Gasteiger partial charge in [0.1, 0.15) is 0 Å². The van der Waals surface area contributed by atoms with Crippen LogP contribution in [0.1, 0.15) is 17.4 Å². The molecular formula is C18H26N6S2. The number of guanidine groups is 1. The van der Waals surface area contributed by atoms with E-state index < -0.39 is 0 Å². The van der Waals surface area contributed by atoms with E-state index in [1.54, 1.807) is 16.2 Å². The van der Waals surface area contributed by atoms with Gasteiger partial charge in [0.05, 0.1) is 6.54 Å². The van der Waals surface area contributed by atoms with Crippen molar-refractivity contribution < 1.29 is 0 Å². The lowest BCUT2D eigenvalue weighted by Crippen LogP contribution is -2.51. The van der Waals surface area contributed by atoms with E-state index in [4.69, 9.17) is 10.7 Å². The van der Waals surface area contributed by atoms with Crippen LogP contribution in [0.4, 0.5) is 5.13 Å². The third-order valence-corrected chi connectivity index (χ3v) is 7.13. The van der Waals surface area contributed by atoms with Crippen LogP contribution in [0.5, 0.6) is 0 Å². The fraction of sp³-hybridized carbons (Fsp3) is 0.556. The fourth-order valence-corrected chi connectivity index (χ4v) is 5.17. The molecule has 4 heterocycles. The monoisotopic (exact) mass is 390 g/mol. The lowest BCUT2D eigenvalue weighted by atomic mass is 10.1. The molecule has 1 atom stereocenters. The molecule has 0 saturated carbocycles. The number of fused-ring (bicyclic) bond motifs is 1. The van der Waals surface area contributed by atoms with Gasteiger partial charge >= 0.3 is 0 Å². The quantitative estimate of drug-likeness (QED) is 0.640. The molecule has 6 nitrogen and oxygen atoms in total. The van der Waals surface area contributed by atoms with Crippen molar-refractivity contribution in [3.05, 3.63) is 33.5 Å². The summed E-state index contributed by atoms with van der Waals surface area (Å²) >= 11 is 3.58. The molecule has 0 radical (unpaired) electrons. The molecule has 0 aromatic carbocycles. The summed E-state index contributed by atoms with van der Waals surface area (Å²) in [5.41, 5.74) is 7.77. The van der Waals surface area contributed by atoms with Crippen molar-refractivity contribution in [2.75, 3.05) is 44.2 Å². The third-order valence-electron chi connectivity index (χ3n) is 5.27. The van der Waals surface area contributed by atoms with Gasteiger partial charge < -0.3 is 15.5 Å². The Balaban J connectivity index is 1.27. The number of piperazine rings is 1. The van der Waals surface area contributed by atoms with Gasteiger partial charge in [-0.1, -0.05) is 0 Å². The first-order chi connectivity index (χ1) is 12.7. The van der Waals surface area contributed by atoms with Crippen LogP contribution in [-0.4, -0.2) is 66.1 Å². The van der Waals surface area contributed by atoms with Gasteiger partial charge in [0.25, 0.3) is 0 Å². The molecule has 4 rings (SSSR count). The maximum absolute atomic E-state index is 6.28. The minimum absolute atomic E-state index is 0.415. The number of rotatable bonds is 4. The molecule has 0 spiro atoms. The highest BCUT2D eigenvalue weighted by Gasteiger charge is 2.22. The van der Waals surface area contributed by atoms with E-state index in [0.717, 1.165) is 57.4 Å². The normalized spacial score (nSPS) is 20.3. The second kappa shape index (κ2) is 7.94. The molecule has 1 fully saturated rings. The van der Waals surface area contributed by atoms with Crippen LogP contribution in [0, 0.1) is 0 Å². The molecule has 0 bridgehead atoms. The zero-order valence-electron chi connectivity index (χ0n) is 15.2. The maximum atomic E-state index is 6.28. The summed E-state index contributed by atoms with van der Waals surface area (Å²) in [5.74, 6) is 0.684. The van der Waals surface area contributed by atoms with Crippen molar-refractivity contribution in [3.8, 4) is 0 Å². The zero-order chi connectivity index (χ0) is 17.9. The number of thiophene rings is 1. The van der Waals surface area contributed by atoms with Crippen LogP contribution in [0.25, 0.3) is 0 Å². The lowest BCUT2D eigenvalue weighted by molar-refractivity contribution is 0.196. The molecule has 2 aromatic rings. The molecule has 0 amide bonds. The highest BCUT2D eigenvalue weighted by Crippen LogP contribution is 2.25. The van der Waals surface area contributed by atoms with E-state index in [1.807, 2.05) is 22.9 Å². The third kappa shape index (κ3) is 3.87. The summed E-state index contributed by atoms with van der Waals surface area (Å²) in [5, 5.41) is 5.34. The largest absolute Gasteiger partial charge is 0.370 e. The minimum Gasteiger partial charge on any atom is -0.370 e.